The molecule has 0 bridgehead atoms. The zero-order chi connectivity index (χ0) is 85.0. The van der Waals surface area contributed by atoms with E-state index in [1.807, 2.05) is 74.4 Å². The van der Waals surface area contributed by atoms with Gasteiger partial charge in [-0.15, -0.1) is 11.8 Å². The Balaban J connectivity index is 1.17. The third-order valence-electron chi connectivity index (χ3n) is 22.8. The molecular weight excluding hydrogens is 1490 g/mol. The predicted molar refractivity (Wildman–Crippen MR) is 431 cm³/mol. The molecule has 1 unspecified atom stereocenters. The van der Waals surface area contributed by atoms with Gasteiger partial charge in [-0.1, -0.05) is 106 Å². The molecule has 114 heavy (non-hydrogen) atoms. The fraction of sp³-hybridized carbons (Fsp3) is 0.694. The van der Waals surface area contributed by atoms with Crippen molar-refractivity contribution in [2.24, 2.45) is 52.6 Å². The molecular formula is C85H130FN9O18S. The number of carbonyl (C=O) groups is 14. The molecule has 0 aromatic heterocycles. The van der Waals surface area contributed by atoms with Gasteiger partial charge in [0.1, 0.15) is 24.3 Å². The van der Waals surface area contributed by atoms with Crippen LogP contribution in [-0.4, -0.2) is 236 Å². The zero-order valence-electron chi connectivity index (χ0n) is 70.5. The van der Waals surface area contributed by atoms with Crippen molar-refractivity contribution < 1.29 is 90.5 Å². The van der Waals surface area contributed by atoms with Crippen LogP contribution in [0.5, 0.6) is 0 Å². The van der Waals surface area contributed by atoms with E-state index < -0.39 is 119 Å². The number of benzene rings is 2. The summed E-state index contributed by atoms with van der Waals surface area (Å²) in [5, 5.41) is 7.86. The van der Waals surface area contributed by atoms with Gasteiger partial charge in [-0.05, 0) is 130 Å². The molecule has 29 heteroatoms. The van der Waals surface area contributed by atoms with Gasteiger partial charge < -0.3 is 55.3 Å². The maximum Gasteiger partial charge on any atom is 0.409 e. The first-order valence-corrected chi connectivity index (χ1v) is 41.7. The van der Waals surface area contributed by atoms with Gasteiger partial charge in [0.2, 0.25) is 47.3 Å². The Bertz CT molecular complexity index is 3590. The minimum atomic E-state index is -1.04. The van der Waals surface area contributed by atoms with E-state index in [9.17, 15) is 66.7 Å². The van der Waals surface area contributed by atoms with Gasteiger partial charge in [0.15, 0.2) is 17.3 Å². The molecule has 9 amide bonds. The quantitative estimate of drug-likeness (QED) is 0.0207. The predicted octanol–water partition coefficient (Wildman–Crippen LogP) is 9.03. The average Bonchev–Trinajstić information content (AvgIpc) is 1.67. The standard InChI is InChI=1S/C85H130FN9O18S/c1-18-54(8)77(93(15)82(107)64(52(4)5)44-68(98)76(53(6)7)91(12)13)69(110-16)45-73(101)95-48-62(43-66(95)79(111-17)55(9)80(105)89-56(10)78(104)59-33-35-60(86)36-34-59)113-84(109)92(14)39-24-28-75(103)112-49-58-31-29-57(30-32-58)41-67(97)65(26-21-22-27-71(87)99)90-81(106)63(51(2)3)42-61(96)25-20-19-23-40-94-74(102)46-70(83(94)108)114-50-85(37-38-85)47-72(100)88-11/h29-36,51-56,62-66,69-70,76-77,79H,18-28,37-50H2,1-17H3,(H2,87,99)(H,88,100)(H,89,105)(H,90,106)/t54-,55+,56-,62-,63-,64-,65-,66-,69+,70?,76-,77-,79+/m0/s1. The van der Waals surface area contributed by atoms with E-state index in [4.69, 9.17) is 24.7 Å². The largest absolute Gasteiger partial charge is 0.461 e. The lowest BCUT2D eigenvalue weighted by molar-refractivity contribution is -0.149. The maximum absolute atomic E-state index is 15.1. The number of imide groups is 1. The number of ketones is 4. The average molecular weight is 1620 g/mol. The number of ether oxygens (including phenoxy) is 4. The van der Waals surface area contributed by atoms with E-state index in [1.165, 1.54) is 66.8 Å². The normalized spacial score (nSPS) is 18.6. The summed E-state index contributed by atoms with van der Waals surface area (Å²) in [5.74, 6) is -7.15. The van der Waals surface area contributed by atoms with Crippen molar-refractivity contribution in [2.75, 3.05) is 74.8 Å². The number of thioether (sulfide) groups is 1. The summed E-state index contributed by atoms with van der Waals surface area (Å²) in [6.45, 7) is 18.5. The number of likely N-dealkylation sites (tertiary alicyclic amines) is 2. The van der Waals surface area contributed by atoms with Crippen molar-refractivity contribution >= 4 is 94.2 Å². The molecule has 636 valence electrons. The molecule has 1 saturated carbocycles. The molecule has 2 saturated heterocycles. The molecule has 1 aliphatic carbocycles. The third-order valence-corrected chi connectivity index (χ3v) is 24.4. The Hall–Kier alpha value is -8.02. The highest BCUT2D eigenvalue weighted by molar-refractivity contribution is 8.00. The van der Waals surface area contributed by atoms with Crippen LogP contribution in [-0.2, 0) is 89.5 Å². The summed E-state index contributed by atoms with van der Waals surface area (Å²) in [6, 6.07) is 7.88. The summed E-state index contributed by atoms with van der Waals surface area (Å²) >= 11 is 1.45. The number of carbonyl (C=O) groups excluding carboxylic acids is 14. The number of unbranched alkanes of at least 4 members (excludes halogenated alkanes) is 3. The number of Topliss-reactive ketones (excluding diaryl/α,β-unsaturated/α-hetero) is 4. The lowest BCUT2D eigenvalue weighted by Crippen LogP contribution is -2.54. The molecule has 2 heterocycles. The van der Waals surface area contributed by atoms with Gasteiger partial charge in [0.25, 0.3) is 0 Å². The number of hydrogen-bond acceptors (Lipinski definition) is 20. The zero-order valence-corrected chi connectivity index (χ0v) is 71.3. The van der Waals surface area contributed by atoms with Crippen molar-refractivity contribution in [3.8, 4) is 0 Å². The summed E-state index contributed by atoms with van der Waals surface area (Å²) in [6.07, 6.45) is 2.06. The highest BCUT2D eigenvalue weighted by Gasteiger charge is 2.49. The Morgan fingerprint density at radius 3 is 1.94 bits per heavy atom. The molecule has 13 atom stereocenters. The van der Waals surface area contributed by atoms with Crippen LogP contribution >= 0.6 is 11.8 Å². The van der Waals surface area contributed by atoms with Crippen LogP contribution < -0.4 is 21.7 Å². The molecule has 3 fully saturated rings. The Morgan fingerprint density at radius 2 is 1.36 bits per heavy atom. The fourth-order valence-corrected chi connectivity index (χ4v) is 16.9. The number of likely N-dealkylation sites (N-methyl/N-ethyl adjacent to an activating group) is 2. The topological polar surface area (TPSA) is 354 Å². The number of esters is 1. The highest BCUT2D eigenvalue weighted by atomic mass is 32.2. The van der Waals surface area contributed by atoms with Gasteiger partial charge in [-0.3, -0.25) is 72.1 Å². The third kappa shape index (κ3) is 29.3. The van der Waals surface area contributed by atoms with E-state index in [0.717, 1.165) is 25.0 Å². The van der Waals surface area contributed by atoms with Crippen LogP contribution in [0.1, 0.15) is 213 Å². The number of rotatable bonds is 52. The SMILES string of the molecule is CC[C@H](C)[C@@H]([C@@H](CC(=O)N1C[C@@H](OC(=O)N(C)CCCC(=O)OCc2ccc(CC(=O)[C@H](CCCCC(N)=O)NC(=O)[C@@H](CC(=O)CCCCCN3C(=O)CC(SCC4(CC(=O)NC)CC4)C3=O)C(C)C)cc2)C[C@H]1[C@H](OC)[C@@H](C)C(=O)N[C@@H](C)C(=O)c1ccc(F)cc1)OC)N(C)C(=O)[C@@H](CC(=O)[C@H](C(C)C)N(C)C)C(C)C. The minimum Gasteiger partial charge on any atom is -0.461 e. The number of amides is 9. The van der Waals surface area contributed by atoms with E-state index in [2.05, 4.69) is 16.0 Å². The maximum atomic E-state index is 15.1. The number of hydrogen-bond donors (Lipinski definition) is 4. The van der Waals surface area contributed by atoms with Gasteiger partial charge in [-0.25, -0.2) is 9.18 Å². The molecule has 3 aliphatic rings. The van der Waals surface area contributed by atoms with E-state index in [0.29, 0.717) is 61.8 Å². The second-order valence-corrected chi connectivity index (χ2v) is 34.2. The summed E-state index contributed by atoms with van der Waals surface area (Å²) < 4.78 is 37.7. The molecule has 0 spiro atoms. The second kappa shape index (κ2) is 46.7. The van der Waals surface area contributed by atoms with Gasteiger partial charge in [-0.2, -0.15) is 0 Å². The molecule has 27 nitrogen and oxygen atoms in total. The summed E-state index contributed by atoms with van der Waals surface area (Å²) in [5.41, 5.74) is 6.71. The van der Waals surface area contributed by atoms with Gasteiger partial charge in [0.05, 0.1) is 66.6 Å². The van der Waals surface area contributed by atoms with Crippen molar-refractivity contribution in [3.05, 3.63) is 71.0 Å². The number of primary amides is 1. The van der Waals surface area contributed by atoms with Crippen molar-refractivity contribution in [1.29, 1.82) is 0 Å². The minimum absolute atomic E-state index is 0.00112. The number of nitrogens with one attached hydrogen (secondary N) is 3. The lowest BCUT2D eigenvalue weighted by Gasteiger charge is -2.41. The highest BCUT2D eigenvalue weighted by Crippen LogP contribution is 2.52. The van der Waals surface area contributed by atoms with Crippen LogP contribution in [0.2, 0.25) is 0 Å². The number of halogens is 1. The first-order valence-electron chi connectivity index (χ1n) is 40.7. The number of nitrogens with two attached hydrogens (primary N) is 1. The van der Waals surface area contributed by atoms with Crippen LogP contribution in [0.4, 0.5) is 9.18 Å². The van der Waals surface area contributed by atoms with E-state index >= 15 is 4.79 Å². The molecule has 0 radical (unpaired) electrons. The number of methoxy groups -OCH3 is 2. The molecule has 2 aliphatic heterocycles. The van der Waals surface area contributed by atoms with E-state index in [-0.39, 0.29) is 172 Å². The number of nitrogens with zero attached hydrogens (tertiary/aromatic N) is 5. The van der Waals surface area contributed by atoms with Gasteiger partial charge in [0, 0.05) is 129 Å². The van der Waals surface area contributed by atoms with Crippen molar-refractivity contribution in [2.45, 2.75) is 258 Å². The Kier molecular flexibility index (Phi) is 39.5. The van der Waals surface area contributed by atoms with Crippen LogP contribution in [0.15, 0.2) is 48.5 Å². The molecule has 5 rings (SSSR count). The van der Waals surface area contributed by atoms with Crippen LogP contribution in [0.3, 0.4) is 0 Å². The smallest absolute Gasteiger partial charge is 0.409 e. The summed E-state index contributed by atoms with van der Waals surface area (Å²) in [7, 11) is 11.3. The van der Waals surface area contributed by atoms with Crippen molar-refractivity contribution in [1.82, 2.24) is 40.4 Å². The molecule has 2 aromatic rings. The Labute approximate surface area is 678 Å². The first-order chi connectivity index (χ1) is 53.8. The first kappa shape index (κ1) is 96.6. The molecule has 5 N–H and O–H groups in total. The fourth-order valence-electron chi connectivity index (χ4n) is 15.5. The summed E-state index contributed by atoms with van der Waals surface area (Å²) in [4.78, 5) is 197. The van der Waals surface area contributed by atoms with Crippen molar-refractivity contribution in [3.63, 3.8) is 0 Å². The lowest BCUT2D eigenvalue weighted by atomic mass is 9.83. The van der Waals surface area contributed by atoms with Gasteiger partial charge >= 0.3 is 12.1 Å². The van der Waals surface area contributed by atoms with Crippen LogP contribution in [0, 0.1) is 52.7 Å². The van der Waals surface area contributed by atoms with Crippen LogP contribution in [0.25, 0.3) is 0 Å². The Morgan fingerprint density at radius 1 is 0.719 bits per heavy atom. The molecule has 2 aromatic carbocycles. The van der Waals surface area contributed by atoms with E-state index in [1.54, 1.807) is 50.2 Å². The second-order valence-electron chi connectivity index (χ2n) is 33.0. The monoisotopic (exact) mass is 1620 g/mol.